The van der Waals surface area contributed by atoms with E-state index in [4.69, 9.17) is 14.2 Å². The largest absolute Gasteiger partial charge is 0.493 e. The van der Waals surface area contributed by atoms with Gasteiger partial charge in [-0.2, -0.15) is 0 Å². The van der Waals surface area contributed by atoms with E-state index in [1.165, 1.54) is 27.7 Å². The van der Waals surface area contributed by atoms with Crippen LogP contribution in [0, 0.1) is 0 Å². The van der Waals surface area contributed by atoms with Gasteiger partial charge in [-0.1, -0.05) is 13.0 Å². The highest BCUT2D eigenvalue weighted by Gasteiger charge is 2.27. The summed E-state index contributed by atoms with van der Waals surface area (Å²) in [6, 6.07) is 10.8. The molecule has 0 fully saturated rings. The first-order valence-corrected chi connectivity index (χ1v) is 9.36. The standard InChI is InChI=1S/C22H26N2O3.ClH/c1-5-13-6-7-17-16(10-13)15-8-9-23-20(21(15)24-17)14-11-18(25-2)22(27-4)19(12-14)26-3;/h6-7,10-12,20,23-24H,5,8-9H2,1-4H3;1H. The van der Waals surface area contributed by atoms with E-state index < -0.39 is 0 Å². The average molecular weight is 403 g/mol. The lowest BCUT2D eigenvalue weighted by molar-refractivity contribution is 0.323. The monoisotopic (exact) mass is 402 g/mol. The zero-order valence-electron chi connectivity index (χ0n) is 16.7. The highest BCUT2D eigenvalue weighted by Crippen LogP contribution is 2.42. The van der Waals surface area contributed by atoms with Crippen LogP contribution < -0.4 is 19.5 Å². The van der Waals surface area contributed by atoms with Crippen LogP contribution in [0.2, 0.25) is 0 Å². The Morgan fingerprint density at radius 1 is 1.00 bits per heavy atom. The Bertz CT molecular complexity index is 958. The minimum absolute atomic E-state index is 0. The van der Waals surface area contributed by atoms with Crippen LogP contribution in [0.15, 0.2) is 30.3 Å². The lowest BCUT2D eigenvalue weighted by atomic mass is 9.93. The zero-order valence-corrected chi connectivity index (χ0v) is 17.5. The molecule has 1 unspecified atom stereocenters. The minimum atomic E-state index is 0. The molecular weight excluding hydrogens is 376 g/mol. The van der Waals surface area contributed by atoms with Crippen LogP contribution in [0.3, 0.4) is 0 Å². The summed E-state index contributed by atoms with van der Waals surface area (Å²) in [7, 11) is 4.92. The van der Waals surface area contributed by atoms with Gasteiger partial charge in [-0.05, 0) is 53.8 Å². The van der Waals surface area contributed by atoms with E-state index in [1.54, 1.807) is 21.3 Å². The predicted octanol–water partition coefficient (Wildman–Crippen LogP) is 4.41. The van der Waals surface area contributed by atoms with E-state index in [9.17, 15) is 0 Å². The van der Waals surface area contributed by atoms with Crippen molar-refractivity contribution >= 4 is 23.3 Å². The molecule has 2 aromatic carbocycles. The van der Waals surface area contributed by atoms with Gasteiger partial charge in [0.25, 0.3) is 0 Å². The topological polar surface area (TPSA) is 55.5 Å². The van der Waals surface area contributed by atoms with E-state index in [2.05, 4.69) is 35.4 Å². The van der Waals surface area contributed by atoms with Gasteiger partial charge in [0.15, 0.2) is 11.5 Å². The van der Waals surface area contributed by atoms with Gasteiger partial charge in [0.05, 0.1) is 27.4 Å². The second-order valence-electron chi connectivity index (χ2n) is 6.85. The molecule has 2 N–H and O–H groups in total. The van der Waals surface area contributed by atoms with Crippen LogP contribution in [-0.2, 0) is 12.8 Å². The second-order valence-corrected chi connectivity index (χ2v) is 6.85. The van der Waals surface area contributed by atoms with Crippen LogP contribution in [0.5, 0.6) is 17.2 Å². The number of nitrogens with one attached hydrogen (secondary N) is 2. The van der Waals surface area contributed by atoms with Gasteiger partial charge in [-0.3, -0.25) is 0 Å². The van der Waals surface area contributed by atoms with Crippen molar-refractivity contribution in [2.75, 3.05) is 27.9 Å². The summed E-state index contributed by atoms with van der Waals surface area (Å²) in [6.07, 6.45) is 2.06. The van der Waals surface area contributed by atoms with Crippen molar-refractivity contribution < 1.29 is 14.2 Å². The molecule has 150 valence electrons. The van der Waals surface area contributed by atoms with Gasteiger partial charge in [0.2, 0.25) is 5.75 Å². The molecule has 1 aromatic heterocycles. The summed E-state index contributed by atoms with van der Waals surface area (Å²) in [5, 5.41) is 4.97. The smallest absolute Gasteiger partial charge is 0.203 e. The first-order valence-electron chi connectivity index (χ1n) is 9.36. The SMILES string of the molecule is CCc1ccc2[nH]c3c(c2c1)CCNC3c1cc(OC)c(OC)c(OC)c1.Cl. The van der Waals surface area contributed by atoms with E-state index in [-0.39, 0.29) is 18.4 Å². The van der Waals surface area contributed by atoms with Gasteiger partial charge < -0.3 is 24.5 Å². The molecule has 6 heteroatoms. The number of aromatic amines is 1. The fraction of sp³-hybridized carbons (Fsp3) is 0.364. The van der Waals surface area contributed by atoms with Crippen LogP contribution in [0.4, 0.5) is 0 Å². The molecule has 0 aliphatic carbocycles. The number of hydrogen-bond acceptors (Lipinski definition) is 4. The molecule has 28 heavy (non-hydrogen) atoms. The minimum Gasteiger partial charge on any atom is -0.493 e. The number of ether oxygens (including phenoxy) is 3. The number of halogens is 1. The van der Waals surface area contributed by atoms with E-state index in [1.807, 2.05) is 12.1 Å². The van der Waals surface area contributed by atoms with E-state index >= 15 is 0 Å². The van der Waals surface area contributed by atoms with Gasteiger partial charge in [0.1, 0.15) is 0 Å². The van der Waals surface area contributed by atoms with Crippen molar-refractivity contribution in [1.82, 2.24) is 10.3 Å². The maximum Gasteiger partial charge on any atom is 0.203 e. The molecule has 0 saturated carbocycles. The normalized spacial score (nSPS) is 15.6. The number of aromatic nitrogens is 1. The maximum atomic E-state index is 5.54. The Balaban J connectivity index is 0.00000225. The predicted molar refractivity (Wildman–Crippen MR) is 115 cm³/mol. The number of aryl methyl sites for hydroxylation is 1. The second kappa shape index (κ2) is 8.33. The molecule has 0 radical (unpaired) electrons. The van der Waals surface area contributed by atoms with Crippen molar-refractivity contribution in [3.63, 3.8) is 0 Å². The number of fused-ring (bicyclic) bond motifs is 3. The third-order valence-electron chi connectivity index (χ3n) is 5.44. The summed E-state index contributed by atoms with van der Waals surface area (Å²) < 4.78 is 16.6. The van der Waals surface area contributed by atoms with Gasteiger partial charge in [-0.15, -0.1) is 12.4 Å². The summed E-state index contributed by atoms with van der Waals surface area (Å²) in [5.41, 5.74) is 6.27. The lowest BCUT2D eigenvalue weighted by Gasteiger charge is -2.26. The van der Waals surface area contributed by atoms with Crippen LogP contribution >= 0.6 is 12.4 Å². The maximum absolute atomic E-state index is 5.54. The van der Waals surface area contributed by atoms with Crippen molar-refractivity contribution in [2.45, 2.75) is 25.8 Å². The molecule has 0 amide bonds. The highest BCUT2D eigenvalue weighted by atomic mass is 35.5. The quantitative estimate of drug-likeness (QED) is 0.663. The molecule has 0 bridgehead atoms. The zero-order chi connectivity index (χ0) is 19.0. The van der Waals surface area contributed by atoms with Crippen molar-refractivity contribution in [1.29, 1.82) is 0 Å². The highest BCUT2D eigenvalue weighted by molar-refractivity contribution is 5.86. The third-order valence-corrected chi connectivity index (χ3v) is 5.44. The molecule has 0 spiro atoms. The fourth-order valence-corrected chi connectivity index (χ4v) is 4.05. The number of methoxy groups -OCH3 is 3. The van der Waals surface area contributed by atoms with Gasteiger partial charge >= 0.3 is 0 Å². The van der Waals surface area contributed by atoms with Gasteiger partial charge in [-0.25, -0.2) is 0 Å². The molecule has 1 aliphatic rings. The van der Waals surface area contributed by atoms with Gasteiger partial charge in [0, 0.05) is 23.1 Å². The fourth-order valence-electron chi connectivity index (χ4n) is 4.05. The Kier molecular flexibility index (Phi) is 6.06. The molecular formula is C22H27ClN2O3. The number of rotatable bonds is 5. The summed E-state index contributed by atoms with van der Waals surface area (Å²) in [5.74, 6) is 1.96. The Morgan fingerprint density at radius 2 is 1.71 bits per heavy atom. The molecule has 0 saturated heterocycles. The summed E-state index contributed by atoms with van der Waals surface area (Å²) in [6.45, 7) is 3.12. The molecule has 2 heterocycles. The molecule has 5 nitrogen and oxygen atoms in total. The van der Waals surface area contributed by atoms with Crippen LogP contribution in [0.25, 0.3) is 10.9 Å². The number of benzene rings is 2. The molecule has 3 aromatic rings. The van der Waals surface area contributed by atoms with Crippen molar-refractivity contribution in [3.8, 4) is 17.2 Å². The molecule has 1 aliphatic heterocycles. The summed E-state index contributed by atoms with van der Waals surface area (Å²) >= 11 is 0. The first-order chi connectivity index (χ1) is 13.2. The average Bonchev–Trinajstić information content (AvgIpc) is 3.10. The van der Waals surface area contributed by atoms with E-state index in [0.29, 0.717) is 17.2 Å². The first kappa shape index (κ1) is 20.4. The van der Waals surface area contributed by atoms with Crippen LogP contribution in [0.1, 0.15) is 35.3 Å². The number of hydrogen-bond donors (Lipinski definition) is 2. The molecule has 1 atom stereocenters. The Morgan fingerprint density at radius 3 is 2.32 bits per heavy atom. The third kappa shape index (κ3) is 3.29. The van der Waals surface area contributed by atoms with Crippen molar-refractivity contribution in [2.24, 2.45) is 0 Å². The number of H-pyrrole nitrogens is 1. The van der Waals surface area contributed by atoms with Crippen LogP contribution in [-0.4, -0.2) is 32.9 Å². The molecule has 4 rings (SSSR count). The Hall–Kier alpha value is -2.37. The van der Waals surface area contributed by atoms with E-state index in [0.717, 1.165) is 24.9 Å². The van der Waals surface area contributed by atoms with Crippen molar-refractivity contribution in [3.05, 3.63) is 52.7 Å². The lowest BCUT2D eigenvalue weighted by Crippen LogP contribution is -2.30. The Labute approximate surface area is 171 Å². The summed E-state index contributed by atoms with van der Waals surface area (Å²) in [4.78, 5) is 3.64.